The number of aromatic nitrogens is 1. The molecular formula is C11H8BrNO3. The predicted molar refractivity (Wildman–Crippen MR) is 64.0 cm³/mol. The first-order valence-corrected chi connectivity index (χ1v) is 5.36. The molecule has 0 saturated carbocycles. The Labute approximate surface area is 99.0 Å². The van der Waals surface area contributed by atoms with Crippen LogP contribution in [0.4, 0.5) is 0 Å². The first-order valence-electron chi connectivity index (χ1n) is 4.56. The van der Waals surface area contributed by atoms with Gasteiger partial charge in [-0.1, -0.05) is 12.1 Å². The standard InChI is InChI=1S/C11H8BrNO3/c1-5-3-2-4-6-7(5)10(14)8(12)9(13-6)11(15)16/h2-4H,1H3,(H,13,14)(H,15,16). The Bertz CT molecular complexity index is 645. The summed E-state index contributed by atoms with van der Waals surface area (Å²) in [6.45, 7) is 1.81. The van der Waals surface area contributed by atoms with Crippen LogP contribution in [-0.4, -0.2) is 16.1 Å². The van der Waals surface area contributed by atoms with Gasteiger partial charge in [0.2, 0.25) is 5.43 Å². The Morgan fingerprint density at radius 1 is 1.44 bits per heavy atom. The van der Waals surface area contributed by atoms with E-state index in [4.69, 9.17) is 5.11 Å². The molecule has 0 radical (unpaired) electrons. The van der Waals surface area contributed by atoms with E-state index in [1.165, 1.54) is 0 Å². The minimum atomic E-state index is -1.16. The molecule has 82 valence electrons. The van der Waals surface area contributed by atoms with E-state index in [1.807, 2.05) is 13.0 Å². The average molecular weight is 282 g/mol. The van der Waals surface area contributed by atoms with Crippen LogP contribution in [0.1, 0.15) is 16.1 Å². The van der Waals surface area contributed by atoms with Gasteiger partial charge in [-0.25, -0.2) is 4.79 Å². The van der Waals surface area contributed by atoms with Crippen LogP contribution in [-0.2, 0) is 0 Å². The molecule has 1 aromatic carbocycles. The summed E-state index contributed by atoms with van der Waals surface area (Å²) in [4.78, 5) is 25.6. The van der Waals surface area contributed by atoms with Crippen LogP contribution in [0.3, 0.4) is 0 Å². The monoisotopic (exact) mass is 281 g/mol. The quantitative estimate of drug-likeness (QED) is 0.843. The first-order chi connectivity index (χ1) is 7.52. The number of pyridine rings is 1. The van der Waals surface area contributed by atoms with Gasteiger partial charge in [0.15, 0.2) is 0 Å². The average Bonchev–Trinajstić information content (AvgIpc) is 2.22. The van der Waals surface area contributed by atoms with Gasteiger partial charge in [-0.2, -0.15) is 0 Å². The van der Waals surface area contributed by atoms with E-state index in [0.29, 0.717) is 10.9 Å². The van der Waals surface area contributed by atoms with Gasteiger partial charge in [-0.3, -0.25) is 4.79 Å². The zero-order chi connectivity index (χ0) is 11.9. The first kappa shape index (κ1) is 10.9. The summed E-state index contributed by atoms with van der Waals surface area (Å²) in [7, 11) is 0. The lowest BCUT2D eigenvalue weighted by Crippen LogP contribution is -2.13. The molecule has 0 bridgehead atoms. The highest BCUT2D eigenvalue weighted by molar-refractivity contribution is 9.10. The van der Waals surface area contributed by atoms with E-state index < -0.39 is 5.97 Å². The van der Waals surface area contributed by atoms with Crippen LogP contribution in [0, 0.1) is 6.92 Å². The molecule has 16 heavy (non-hydrogen) atoms. The third kappa shape index (κ3) is 1.53. The minimum absolute atomic E-state index is 0.0572. The summed E-state index contributed by atoms with van der Waals surface area (Å²) in [6.07, 6.45) is 0. The van der Waals surface area contributed by atoms with Crippen molar-refractivity contribution in [2.24, 2.45) is 0 Å². The van der Waals surface area contributed by atoms with Gasteiger partial charge in [0.05, 0.1) is 9.99 Å². The lowest BCUT2D eigenvalue weighted by atomic mass is 10.1. The molecule has 0 aliphatic heterocycles. The number of carbonyl (C=O) groups is 1. The van der Waals surface area contributed by atoms with Gasteiger partial charge in [-0.05, 0) is 34.5 Å². The zero-order valence-corrected chi connectivity index (χ0v) is 9.96. The Morgan fingerprint density at radius 2 is 2.12 bits per heavy atom. The van der Waals surface area contributed by atoms with Crippen LogP contribution in [0.2, 0.25) is 0 Å². The fraction of sp³-hybridized carbons (Fsp3) is 0.0909. The number of fused-ring (bicyclic) bond motifs is 1. The summed E-state index contributed by atoms with van der Waals surface area (Å²) >= 11 is 3.01. The predicted octanol–water partition coefficient (Wildman–Crippen LogP) is 2.30. The van der Waals surface area contributed by atoms with E-state index in [0.717, 1.165) is 5.56 Å². The number of halogens is 1. The third-order valence-electron chi connectivity index (χ3n) is 2.39. The molecule has 0 spiro atoms. The van der Waals surface area contributed by atoms with Gasteiger partial charge < -0.3 is 10.1 Å². The fourth-order valence-electron chi connectivity index (χ4n) is 1.63. The minimum Gasteiger partial charge on any atom is -0.477 e. The number of rotatable bonds is 1. The fourth-order valence-corrected chi connectivity index (χ4v) is 2.10. The number of hydrogen-bond donors (Lipinski definition) is 2. The molecule has 1 aromatic heterocycles. The Morgan fingerprint density at radius 3 is 2.75 bits per heavy atom. The molecule has 1 heterocycles. The summed E-state index contributed by atoms with van der Waals surface area (Å²) in [5, 5.41) is 9.43. The van der Waals surface area contributed by atoms with E-state index in [2.05, 4.69) is 20.9 Å². The largest absolute Gasteiger partial charge is 0.477 e. The number of aryl methyl sites for hydroxylation is 1. The Balaban J connectivity index is 3.00. The lowest BCUT2D eigenvalue weighted by Gasteiger charge is -2.05. The molecule has 0 saturated heterocycles. The number of nitrogens with one attached hydrogen (secondary N) is 1. The van der Waals surface area contributed by atoms with Crippen molar-refractivity contribution in [1.82, 2.24) is 4.98 Å². The molecule has 0 aliphatic rings. The van der Waals surface area contributed by atoms with E-state index in [-0.39, 0.29) is 15.6 Å². The number of benzene rings is 1. The summed E-state index contributed by atoms with van der Waals surface area (Å²) in [5.41, 5.74) is 0.925. The zero-order valence-electron chi connectivity index (χ0n) is 8.37. The van der Waals surface area contributed by atoms with Gasteiger partial charge in [-0.15, -0.1) is 0 Å². The highest BCUT2D eigenvalue weighted by atomic mass is 79.9. The lowest BCUT2D eigenvalue weighted by molar-refractivity contribution is 0.0689. The van der Waals surface area contributed by atoms with Crippen LogP contribution in [0.15, 0.2) is 27.5 Å². The highest BCUT2D eigenvalue weighted by Crippen LogP contribution is 2.18. The molecule has 0 unspecified atom stereocenters. The molecule has 0 fully saturated rings. The molecule has 0 atom stereocenters. The topological polar surface area (TPSA) is 70.2 Å². The van der Waals surface area contributed by atoms with Crippen LogP contribution < -0.4 is 5.43 Å². The molecule has 2 aromatic rings. The van der Waals surface area contributed by atoms with Crippen molar-refractivity contribution in [3.63, 3.8) is 0 Å². The SMILES string of the molecule is Cc1cccc2[nH]c(C(=O)O)c(Br)c(=O)c12. The van der Waals surface area contributed by atoms with E-state index in [9.17, 15) is 9.59 Å². The molecule has 2 N–H and O–H groups in total. The summed E-state index contributed by atoms with van der Waals surface area (Å²) in [5.74, 6) is -1.16. The Kier molecular flexibility index (Phi) is 2.55. The smallest absolute Gasteiger partial charge is 0.353 e. The second-order valence-corrected chi connectivity index (χ2v) is 4.24. The van der Waals surface area contributed by atoms with Crippen LogP contribution in [0.25, 0.3) is 10.9 Å². The second-order valence-electron chi connectivity index (χ2n) is 3.45. The van der Waals surface area contributed by atoms with Gasteiger partial charge in [0, 0.05) is 5.39 Å². The number of H-pyrrole nitrogens is 1. The van der Waals surface area contributed by atoms with E-state index >= 15 is 0 Å². The molecule has 5 heteroatoms. The van der Waals surface area contributed by atoms with Gasteiger partial charge in [0.25, 0.3) is 0 Å². The molecular weight excluding hydrogens is 274 g/mol. The van der Waals surface area contributed by atoms with Crippen LogP contribution in [0.5, 0.6) is 0 Å². The van der Waals surface area contributed by atoms with E-state index in [1.54, 1.807) is 12.1 Å². The number of carboxylic acids is 1. The van der Waals surface area contributed by atoms with Gasteiger partial charge in [0.1, 0.15) is 5.69 Å². The maximum absolute atomic E-state index is 11.9. The Hall–Kier alpha value is -1.62. The second kappa shape index (κ2) is 3.75. The maximum Gasteiger partial charge on any atom is 0.353 e. The third-order valence-corrected chi connectivity index (χ3v) is 3.15. The maximum atomic E-state index is 11.9. The van der Waals surface area contributed by atoms with Crippen molar-refractivity contribution in [2.45, 2.75) is 6.92 Å². The highest BCUT2D eigenvalue weighted by Gasteiger charge is 2.15. The van der Waals surface area contributed by atoms with Crippen molar-refractivity contribution in [3.05, 3.63) is 44.2 Å². The van der Waals surface area contributed by atoms with Crippen LogP contribution >= 0.6 is 15.9 Å². The van der Waals surface area contributed by atoms with Crippen molar-refractivity contribution in [2.75, 3.05) is 0 Å². The number of hydrogen-bond acceptors (Lipinski definition) is 2. The summed E-state index contributed by atoms with van der Waals surface area (Å²) in [6, 6.07) is 5.26. The number of carboxylic acid groups (broad SMARTS) is 1. The molecule has 0 aliphatic carbocycles. The number of aromatic carboxylic acids is 1. The van der Waals surface area contributed by atoms with Gasteiger partial charge >= 0.3 is 5.97 Å². The van der Waals surface area contributed by atoms with Crippen molar-refractivity contribution in [3.8, 4) is 0 Å². The van der Waals surface area contributed by atoms with Crippen molar-refractivity contribution < 1.29 is 9.90 Å². The molecule has 4 nitrogen and oxygen atoms in total. The van der Waals surface area contributed by atoms with Crippen molar-refractivity contribution >= 4 is 32.8 Å². The molecule has 0 amide bonds. The van der Waals surface area contributed by atoms with Crippen molar-refractivity contribution in [1.29, 1.82) is 0 Å². The number of aromatic amines is 1. The normalized spacial score (nSPS) is 10.6. The summed E-state index contributed by atoms with van der Waals surface area (Å²) < 4.78 is 0.0572. The molecule has 2 rings (SSSR count).